The first-order valence-corrected chi connectivity index (χ1v) is 8.00. The van der Waals surface area contributed by atoms with Crippen molar-refractivity contribution in [2.24, 2.45) is 14.1 Å². The molecule has 0 unspecified atom stereocenters. The summed E-state index contributed by atoms with van der Waals surface area (Å²) in [4.78, 5) is 0. The lowest BCUT2D eigenvalue weighted by Crippen LogP contribution is -2.40. The van der Waals surface area contributed by atoms with Gasteiger partial charge >= 0.3 is 0 Å². The number of nitrogens with zero attached hydrogens (tertiary/aromatic N) is 2. The minimum Gasteiger partial charge on any atom is -0.196 e. The number of benzene rings is 1. The number of pyridine rings is 2. The van der Waals surface area contributed by atoms with E-state index in [1.807, 2.05) is 0 Å². The highest BCUT2D eigenvalue weighted by atomic mass is 15.0. The van der Waals surface area contributed by atoms with Crippen molar-refractivity contribution in [2.75, 3.05) is 0 Å². The Labute approximate surface area is 138 Å². The van der Waals surface area contributed by atoms with Crippen molar-refractivity contribution in [1.82, 2.24) is 0 Å². The summed E-state index contributed by atoms with van der Waals surface area (Å²) in [6.45, 7) is 6.49. The molecular formula is C21H24N2+2. The maximum atomic E-state index is 2.29. The summed E-state index contributed by atoms with van der Waals surface area (Å²) in [5.41, 5.74) is 8.87. The molecule has 1 aromatic carbocycles. The van der Waals surface area contributed by atoms with E-state index in [-0.39, 0.29) is 0 Å². The fourth-order valence-electron chi connectivity index (χ4n) is 3.19. The SMILES string of the molecule is Cc1ccc(-c2cc(C)cc(-c3cccc[n+]3C)[n+]2C)c(C)c1. The van der Waals surface area contributed by atoms with E-state index in [0.29, 0.717) is 0 Å². The topological polar surface area (TPSA) is 7.76 Å². The van der Waals surface area contributed by atoms with E-state index in [4.69, 9.17) is 0 Å². The van der Waals surface area contributed by atoms with Crippen molar-refractivity contribution < 1.29 is 9.13 Å². The fourth-order valence-corrected chi connectivity index (χ4v) is 3.19. The van der Waals surface area contributed by atoms with Gasteiger partial charge < -0.3 is 0 Å². The molecule has 0 saturated carbocycles. The molecule has 0 N–H and O–H groups in total. The number of aryl methyl sites for hydroxylation is 4. The second-order valence-corrected chi connectivity index (χ2v) is 6.38. The Hall–Kier alpha value is -2.48. The van der Waals surface area contributed by atoms with Crippen LogP contribution in [0.5, 0.6) is 0 Å². The summed E-state index contributed by atoms with van der Waals surface area (Å²) < 4.78 is 4.46. The minimum absolute atomic E-state index is 1.21. The highest BCUT2D eigenvalue weighted by Gasteiger charge is 2.23. The van der Waals surface area contributed by atoms with Crippen LogP contribution in [0.15, 0.2) is 54.7 Å². The standard InChI is InChI=1S/C21H24N2/c1-15-9-10-18(17(3)12-15)20-13-16(2)14-21(23(20)5)19-8-6-7-11-22(19)4/h6-14H,1-5H3/q+2. The van der Waals surface area contributed by atoms with Gasteiger partial charge in [0.2, 0.25) is 5.69 Å². The molecule has 2 heterocycles. The Balaban J connectivity index is 2.26. The smallest absolute Gasteiger partial charge is 0.196 e. The summed E-state index contributed by atoms with van der Waals surface area (Å²) in [7, 11) is 4.24. The van der Waals surface area contributed by atoms with Gasteiger partial charge in [-0.05, 0) is 44.0 Å². The Morgan fingerprint density at radius 3 is 2.13 bits per heavy atom. The lowest BCUT2D eigenvalue weighted by Gasteiger charge is -2.09. The van der Waals surface area contributed by atoms with Crippen molar-refractivity contribution in [3.63, 3.8) is 0 Å². The van der Waals surface area contributed by atoms with Gasteiger partial charge in [0.1, 0.15) is 14.1 Å². The highest BCUT2D eigenvalue weighted by Crippen LogP contribution is 2.24. The fraction of sp³-hybridized carbons (Fsp3) is 0.238. The summed E-state index contributed by atoms with van der Waals surface area (Å²) in [6.07, 6.45) is 2.09. The average molecular weight is 304 g/mol. The third-order valence-corrected chi connectivity index (χ3v) is 4.43. The normalized spacial score (nSPS) is 10.8. The first-order chi connectivity index (χ1) is 11.0. The van der Waals surface area contributed by atoms with Crippen molar-refractivity contribution in [1.29, 1.82) is 0 Å². The zero-order valence-corrected chi connectivity index (χ0v) is 14.6. The van der Waals surface area contributed by atoms with Crippen LogP contribution in [-0.2, 0) is 14.1 Å². The van der Waals surface area contributed by atoms with Gasteiger partial charge in [0.25, 0.3) is 11.4 Å². The summed E-state index contributed by atoms with van der Waals surface area (Å²) >= 11 is 0. The van der Waals surface area contributed by atoms with Crippen LogP contribution in [0.1, 0.15) is 16.7 Å². The van der Waals surface area contributed by atoms with Crippen molar-refractivity contribution >= 4 is 0 Å². The van der Waals surface area contributed by atoms with E-state index in [0.717, 1.165) is 0 Å². The van der Waals surface area contributed by atoms with E-state index >= 15 is 0 Å². The molecule has 2 nitrogen and oxygen atoms in total. The zero-order valence-electron chi connectivity index (χ0n) is 14.6. The molecule has 2 aromatic heterocycles. The maximum Gasteiger partial charge on any atom is 0.277 e. The molecule has 0 bridgehead atoms. The predicted molar refractivity (Wildman–Crippen MR) is 93.9 cm³/mol. The molecule has 0 aliphatic rings. The third-order valence-electron chi connectivity index (χ3n) is 4.43. The van der Waals surface area contributed by atoms with Crippen LogP contribution < -0.4 is 9.13 Å². The Morgan fingerprint density at radius 1 is 0.696 bits per heavy atom. The van der Waals surface area contributed by atoms with E-state index in [1.54, 1.807) is 0 Å². The van der Waals surface area contributed by atoms with Gasteiger partial charge in [-0.2, -0.15) is 9.13 Å². The third kappa shape index (κ3) is 2.89. The molecule has 0 amide bonds. The largest absolute Gasteiger partial charge is 0.277 e. The number of hydrogen-bond acceptors (Lipinski definition) is 0. The molecule has 0 aliphatic carbocycles. The molecule has 0 spiro atoms. The lowest BCUT2D eigenvalue weighted by molar-refractivity contribution is -0.685. The summed E-state index contributed by atoms with van der Waals surface area (Å²) in [6, 6.07) is 17.5. The molecule has 0 aliphatic heterocycles. The molecular weight excluding hydrogens is 280 g/mol. The van der Waals surface area contributed by atoms with Crippen LogP contribution in [0, 0.1) is 20.8 Å². The van der Waals surface area contributed by atoms with Crippen LogP contribution in [0.4, 0.5) is 0 Å². The first-order valence-electron chi connectivity index (χ1n) is 8.00. The van der Waals surface area contributed by atoms with E-state index in [1.165, 1.54) is 39.3 Å². The quantitative estimate of drug-likeness (QED) is 0.639. The van der Waals surface area contributed by atoms with Gasteiger partial charge in [-0.3, -0.25) is 0 Å². The predicted octanol–water partition coefficient (Wildman–Crippen LogP) is 3.59. The Bertz CT molecular complexity index is 879. The minimum atomic E-state index is 1.21. The second kappa shape index (κ2) is 5.96. The van der Waals surface area contributed by atoms with Gasteiger partial charge in [-0.15, -0.1) is 0 Å². The molecule has 0 saturated heterocycles. The average Bonchev–Trinajstić information content (AvgIpc) is 2.50. The number of rotatable bonds is 2. The Kier molecular flexibility index (Phi) is 3.99. The van der Waals surface area contributed by atoms with Crippen LogP contribution in [0.2, 0.25) is 0 Å². The lowest BCUT2D eigenvalue weighted by atomic mass is 10.0. The molecule has 116 valence electrons. The molecule has 23 heavy (non-hydrogen) atoms. The molecule has 2 heteroatoms. The van der Waals surface area contributed by atoms with E-state index < -0.39 is 0 Å². The summed E-state index contributed by atoms with van der Waals surface area (Å²) in [5.74, 6) is 0. The molecule has 0 atom stereocenters. The number of hydrogen-bond donors (Lipinski definition) is 0. The monoisotopic (exact) mass is 304 g/mol. The van der Waals surface area contributed by atoms with Gasteiger partial charge in [-0.25, -0.2) is 0 Å². The van der Waals surface area contributed by atoms with Crippen LogP contribution in [0.3, 0.4) is 0 Å². The molecule has 3 aromatic rings. The van der Waals surface area contributed by atoms with Crippen LogP contribution in [-0.4, -0.2) is 0 Å². The highest BCUT2D eigenvalue weighted by molar-refractivity contribution is 5.64. The van der Waals surface area contributed by atoms with E-state index in [9.17, 15) is 0 Å². The van der Waals surface area contributed by atoms with Crippen LogP contribution in [0.25, 0.3) is 22.6 Å². The Morgan fingerprint density at radius 2 is 1.43 bits per heavy atom. The van der Waals surface area contributed by atoms with Crippen LogP contribution >= 0.6 is 0 Å². The number of aromatic nitrogens is 2. The molecule has 0 fully saturated rings. The molecule has 0 radical (unpaired) electrons. The van der Waals surface area contributed by atoms with Gasteiger partial charge in [0.05, 0.1) is 0 Å². The van der Waals surface area contributed by atoms with Gasteiger partial charge in [0.15, 0.2) is 6.20 Å². The second-order valence-electron chi connectivity index (χ2n) is 6.38. The van der Waals surface area contributed by atoms with Crippen molar-refractivity contribution in [3.05, 3.63) is 71.4 Å². The van der Waals surface area contributed by atoms with E-state index in [2.05, 4.69) is 98.7 Å². The maximum absolute atomic E-state index is 2.29. The van der Waals surface area contributed by atoms with Crippen molar-refractivity contribution in [3.8, 4) is 22.6 Å². The van der Waals surface area contributed by atoms with Gasteiger partial charge in [0, 0.05) is 29.8 Å². The zero-order chi connectivity index (χ0) is 16.6. The summed E-state index contributed by atoms with van der Waals surface area (Å²) in [5, 5.41) is 0. The molecule has 3 rings (SSSR count). The van der Waals surface area contributed by atoms with Crippen molar-refractivity contribution in [2.45, 2.75) is 20.8 Å². The van der Waals surface area contributed by atoms with Gasteiger partial charge in [-0.1, -0.05) is 17.7 Å². The first kappa shape index (κ1) is 15.4.